The van der Waals surface area contributed by atoms with Crippen LogP contribution in [-0.4, -0.2) is 94.7 Å². The Labute approximate surface area is 819 Å². The van der Waals surface area contributed by atoms with Gasteiger partial charge in [0.2, 0.25) is 0 Å². The Kier molecular flexibility index (Phi) is 87.3. The SMILES string of the molecule is CC.CC.CC.CC.CC.CC.CC.CC.CC.CC.CC.CC.Cc1cc2ccccc2cn1.Cc1ccc2ccccc2n1.Cc1ccnc2ccccc12.Cc1ccncn1.Cc1cnc2ccccc2c1.Cc1cnc2ccccc2n1.Cc1cncc2ccccc12.Cc1cnccn1.Cc1cnccn1.Cc1cncnc1.Cc1nccc2ccccc12.Cc1ncncn1. The topological polar surface area (TPSA) is 245 Å². The number of pyridine rings is 6. The third-order valence-corrected chi connectivity index (χ3v) is 15.8. The Bertz CT molecular complexity index is 5160. The molecule has 0 aliphatic carbocycles. The van der Waals surface area contributed by atoms with Gasteiger partial charge in [-0.1, -0.05) is 312 Å². The average molecular weight is 1840 g/mol. The molecule has 19 heteroatoms. The van der Waals surface area contributed by atoms with E-state index in [2.05, 4.69) is 194 Å². The molecule has 0 saturated carbocycles. The summed E-state index contributed by atoms with van der Waals surface area (Å²) in [6.07, 6.45) is 34.4. The number of benzene rings is 7. The number of aryl methyl sites for hydroxylation is 12. The average Bonchev–Trinajstić information content (AvgIpc) is 0.840. The van der Waals surface area contributed by atoms with Gasteiger partial charge in [-0.3, -0.25) is 54.8 Å². The molecule has 7 aromatic carbocycles. The fourth-order valence-electron chi connectivity index (χ4n) is 10.1. The van der Waals surface area contributed by atoms with Crippen LogP contribution in [0.15, 0.2) is 337 Å². The van der Waals surface area contributed by atoms with Crippen molar-refractivity contribution in [2.45, 2.75) is 249 Å². The molecule has 0 amide bonds. The maximum absolute atomic E-state index is 4.38. The molecule has 0 spiro atoms. The lowest BCUT2D eigenvalue weighted by atomic mass is 10.1. The maximum Gasteiger partial charge on any atom is 0.128 e. The summed E-state index contributed by atoms with van der Waals surface area (Å²) in [6, 6.07) is 71.4. The smallest absolute Gasteiger partial charge is 0.128 e. The van der Waals surface area contributed by atoms with Gasteiger partial charge in [0.25, 0.3) is 0 Å². The van der Waals surface area contributed by atoms with E-state index in [0.717, 1.165) is 78.8 Å². The zero-order valence-electron chi connectivity index (χ0n) is 89.3. The minimum Gasteiger partial charge on any atom is -0.264 e. The molecule has 0 atom stereocenters. The van der Waals surface area contributed by atoms with Crippen LogP contribution in [0.5, 0.6) is 0 Å². The predicted octanol–water partition coefficient (Wildman–Crippen LogP) is 32.8. The molecule has 0 fully saturated rings. The van der Waals surface area contributed by atoms with E-state index in [9.17, 15) is 0 Å². The highest BCUT2D eigenvalue weighted by atomic mass is 15.0. The number of hydrogen-bond acceptors (Lipinski definition) is 19. The molecule has 0 N–H and O–H groups in total. The van der Waals surface area contributed by atoms with Gasteiger partial charge in [0.15, 0.2) is 0 Å². The molecule has 0 radical (unpaired) electrons. The fourth-order valence-corrected chi connectivity index (χ4v) is 10.1. The van der Waals surface area contributed by atoms with Crippen LogP contribution < -0.4 is 0 Å². The Balaban J connectivity index is -0.000000451. The molecule has 19 rings (SSSR count). The number of rotatable bonds is 0. The Morgan fingerprint density at radius 1 is 0.169 bits per heavy atom. The van der Waals surface area contributed by atoms with Crippen LogP contribution in [0.25, 0.3) is 76.1 Å². The van der Waals surface area contributed by atoms with Crippen molar-refractivity contribution in [1.82, 2.24) is 94.7 Å². The molecular weight excluding hydrogens is 1670 g/mol. The van der Waals surface area contributed by atoms with Crippen LogP contribution in [0, 0.1) is 83.1 Å². The molecule has 0 aliphatic rings. The molecule has 0 saturated heterocycles. The zero-order chi connectivity index (χ0) is 103. The highest BCUT2D eigenvalue weighted by Crippen LogP contribution is 2.19. The summed E-state index contributed by atoms with van der Waals surface area (Å²) in [7, 11) is 0. The van der Waals surface area contributed by atoms with Gasteiger partial charge in [0.1, 0.15) is 31.1 Å². The summed E-state index contributed by atoms with van der Waals surface area (Å²) in [5.41, 5.74) is 17.1. The van der Waals surface area contributed by atoms with Crippen LogP contribution in [0.1, 0.15) is 234 Å². The van der Waals surface area contributed by atoms with Crippen molar-refractivity contribution in [2.75, 3.05) is 0 Å². The van der Waals surface area contributed by atoms with Gasteiger partial charge in [-0.05, 0) is 188 Å². The standard InChI is InChI=1S/6C10H9N.C9H8N2.4C5H6N2.C4H5N3.12C2H6/c1-8-6-11-7-9-4-2-3-5-10(8)9;1-8-6-9-4-2-3-5-10(9)7-11-8;1-8-6-9-4-2-3-5-10(9)11-7-8;1-8-10-5-3-2-4-9(10)6-7-11-8;1-8-6-7-11-10-5-3-2-4-9(8)10;1-8-6-7-9-4-2-3-5-10(9)11-8;1-7-6-10-8-4-2-3-5-9(8)11-7;1-5-2-6-4-7-3-5;2*1-5-4-6-2-3-7-5;1-5-2-3-6-4-7-5;1-4-6-2-5-3-7-4;12*1-2/h6*2-7H,1H3;2-6H,1H3;4*2-4H,1H3;2-3H,1H3;12*1-2H3. The summed E-state index contributed by atoms with van der Waals surface area (Å²) >= 11 is 0. The molecule has 136 heavy (non-hydrogen) atoms. The number of fused-ring (bicyclic) bond motifs is 7. The van der Waals surface area contributed by atoms with Crippen molar-refractivity contribution in [3.63, 3.8) is 0 Å². The first-order valence-electron chi connectivity index (χ1n) is 48.1. The summed E-state index contributed by atoms with van der Waals surface area (Å²) in [4.78, 5) is 75.7. The van der Waals surface area contributed by atoms with Crippen molar-refractivity contribution in [3.05, 3.63) is 405 Å². The van der Waals surface area contributed by atoms with Crippen LogP contribution in [0.4, 0.5) is 0 Å². The number of hydrogen-bond donors (Lipinski definition) is 0. The van der Waals surface area contributed by atoms with Crippen molar-refractivity contribution in [3.8, 4) is 0 Å². The Morgan fingerprint density at radius 3 is 1.10 bits per heavy atom. The minimum absolute atomic E-state index is 0.759. The molecule has 19 nitrogen and oxygen atoms in total. The monoisotopic (exact) mass is 1830 g/mol. The fraction of sp³-hybridized carbons (Fsp3) is 0.308. The van der Waals surface area contributed by atoms with Gasteiger partial charge < -0.3 is 0 Å². The number of nitrogens with zero attached hydrogens (tertiary/aromatic N) is 19. The highest BCUT2D eigenvalue weighted by Gasteiger charge is 1.99. The van der Waals surface area contributed by atoms with Gasteiger partial charge in [0, 0.05) is 154 Å². The van der Waals surface area contributed by atoms with Crippen LogP contribution >= 0.6 is 0 Å². The van der Waals surface area contributed by atoms with Gasteiger partial charge >= 0.3 is 0 Å². The van der Waals surface area contributed by atoms with E-state index >= 15 is 0 Å². The first kappa shape index (κ1) is 130. The molecule has 19 aromatic rings. The third kappa shape index (κ3) is 59.2. The van der Waals surface area contributed by atoms with E-state index in [1.165, 1.54) is 90.5 Å². The second kappa shape index (κ2) is 91.2. The maximum atomic E-state index is 4.38. The minimum atomic E-state index is 0.759. The molecule has 726 valence electrons. The molecule has 12 aromatic heterocycles. The molecular formula is C117H163N19. The molecule has 12 heterocycles. The lowest BCUT2D eigenvalue weighted by molar-refractivity contribution is 0.974. The van der Waals surface area contributed by atoms with Crippen molar-refractivity contribution < 1.29 is 0 Å². The molecule has 0 aliphatic heterocycles. The molecule has 0 bridgehead atoms. The van der Waals surface area contributed by atoms with E-state index in [1.54, 1.807) is 62.0 Å². The van der Waals surface area contributed by atoms with E-state index in [4.69, 9.17) is 0 Å². The molecule has 0 unspecified atom stereocenters. The summed E-state index contributed by atoms with van der Waals surface area (Å²) in [5, 5.41) is 11.2. The largest absolute Gasteiger partial charge is 0.264 e. The van der Waals surface area contributed by atoms with Crippen molar-refractivity contribution in [2.24, 2.45) is 0 Å². The lowest BCUT2D eigenvalue weighted by Gasteiger charge is -1.98. The predicted molar refractivity (Wildman–Crippen MR) is 591 cm³/mol. The van der Waals surface area contributed by atoms with Gasteiger partial charge in [-0.15, -0.1) is 0 Å². The van der Waals surface area contributed by atoms with E-state index in [0.29, 0.717) is 0 Å². The van der Waals surface area contributed by atoms with Crippen molar-refractivity contribution in [1.29, 1.82) is 0 Å². The Hall–Kier alpha value is -14.3. The lowest BCUT2D eigenvalue weighted by Crippen LogP contribution is -1.85. The van der Waals surface area contributed by atoms with Crippen molar-refractivity contribution >= 4 is 76.1 Å². The van der Waals surface area contributed by atoms with Gasteiger partial charge in [-0.25, -0.2) is 39.9 Å². The summed E-state index contributed by atoms with van der Waals surface area (Å²) in [5.74, 6) is 0.759. The van der Waals surface area contributed by atoms with E-state index < -0.39 is 0 Å². The number of para-hydroxylation sites is 5. The zero-order valence-corrected chi connectivity index (χ0v) is 89.3. The number of aromatic nitrogens is 19. The van der Waals surface area contributed by atoms with Gasteiger partial charge in [0.05, 0.1) is 44.7 Å². The second-order valence-corrected chi connectivity index (χ2v) is 25.1. The van der Waals surface area contributed by atoms with Crippen LogP contribution in [0.2, 0.25) is 0 Å². The quantitative estimate of drug-likeness (QED) is 0.137. The first-order valence-corrected chi connectivity index (χ1v) is 48.1. The van der Waals surface area contributed by atoms with E-state index in [-0.39, 0.29) is 0 Å². The highest BCUT2D eigenvalue weighted by molar-refractivity contribution is 5.86. The Morgan fingerprint density at radius 2 is 0.625 bits per heavy atom. The normalized spacial score (nSPS) is 8.59. The third-order valence-electron chi connectivity index (χ3n) is 15.8. The summed E-state index contributed by atoms with van der Waals surface area (Å²) in [6.45, 7) is 71.8. The summed E-state index contributed by atoms with van der Waals surface area (Å²) < 4.78 is 0. The van der Waals surface area contributed by atoms with E-state index in [1.807, 2.05) is 399 Å². The first-order chi connectivity index (χ1) is 66.5. The van der Waals surface area contributed by atoms with Crippen LogP contribution in [0.3, 0.4) is 0 Å². The van der Waals surface area contributed by atoms with Gasteiger partial charge in [-0.2, -0.15) is 0 Å². The second-order valence-electron chi connectivity index (χ2n) is 25.1. The van der Waals surface area contributed by atoms with Crippen LogP contribution in [-0.2, 0) is 0 Å².